The summed E-state index contributed by atoms with van der Waals surface area (Å²) >= 11 is 0. The first-order valence-corrected chi connectivity index (χ1v) is 6.99. The van der Waals surface area contributed by atoms with Crippen LogP contribution in [0, 0.1) is 0 Å². The molecule has 3 N–H and O–H groups in total. The van der Waals surface area contributed by atoms with Gasteiger partial charge in [0, 0.05) is 0 Å². The molecule has 110 valence electrons. The molecule has 1 rings (SSSR count). The fourth-order valence-electron chi connectivity index (χ4n) is 1.40. The number of halogens is 1. The Hall–Kier alpha value is -2.00. The van der Waals surface area contributed by atoms with Gasteiger partial charge in [-0.3, -0.25) is 9.35 Å². The number of nitrogens with one attached hydrogen (secondary N) is 1. The summed E-state index contributed by atoms with van der Waals surface area (Å²) < 4.78 is 43.6. The molecule has 0 aromatic heterocycles. The molecule has 0 heterocycles. The van der Waals surface area contributed by atoms with Gasteiger partial charge in [-0.25, -0.2) is 9.18 Å². The maximum absolute atomic E-state index is 13.8. The molecule has 1 aromatic carbocycles. The van der Waals surface area contributed by atoms with Crippen LogP contribution in [0.3, 0.4) is 0 Å². The number of alkyl halides is 1. The number of hydrogen-bond donors (Lipinski definition) is 3. The lowest BCUT2D eigenvalue weighted by atomic mass is 10.1. The van der Waals surface area contributed by atoms with Crippen molar-refractivity contribution in [1.82, 2.24) is 5.32 Å². The minimum absolute atomic E-state index is 0.000921. The van der Waals surface area contributed by atoms with Crippen LogP contribution in [0.15, 0.2) is 30.3 Å². The van der Waals surface area contributed by atoms with Gasteiger partial charge in [0.2, 0.25) is 6.17 Å². The third kappa shape index (κ3) is 4.94. The van der Waals surface area contributed by atoms with Gasteiger partial charge in [-0.05, 0) is 5.56 Å². The molecule has 1 aromatic rings. The zero-order valence-electron chi connectivity index (χ0n) is 10.1. The van der Waals surface area contributed by atoms with Gasteiger partial charge in [0.25, 0.3) is 16.0 Å². The first-order valence-electron chi connectivity index (χ1n) is 5.38. The van der Waals surface area contributed by atoms with Crippen LogP contribution in [0.25, 0.3) is 0 Å². The molecule has 1 unspecified atom stereocenters. The molecule has 0 bridgehead atoms. The van der Waals surface area contributed by atoms with Crippen molar-refractivity contribution in [2.45, 2.75) is 12.2 Å². The molecule has 20 heavy (non-hydrogen) atoms. The molecule has 0 aliphatic heterocycles. The SMILES string of the molecule is O=C(N[C@@H](CS(=O)(=O)O)C(=O)O)C(F)c1ccccc1. The second-order valence-corrected chi connectivity index (χ2v) is 5.42. The van der Waals surface area contributed by atoms with Crippen LogP contribution < -0.4 is 5.32 Å². The molecule has 0 aliphatic carbocycles. The van der Waals surface area contributed by atoms with Gasteiger partial charge >= 0.3 is 5.97 Å². The van der Waals surface area contributed by atoms with Gasteiger partial charge in [-0.15, -0.1) is 0 Å². The minimum atomic E-state index is -4.62. The third-order valence-electron chi connectivity index (χ3n) is 2.31. The Kier molecular flexibility index (Phi) is 5.17. The molecule has 0 aliphatic rings. The maximum Gasteiger partial charge on any atom is 0.327 e. The van der Waals surface area contributed by atoms with Crippen molar-refractivity contribution in [1.29, 1.82) is 0 Å². The van der Waals surface area contributed by atoms with Gasteiger partial charge in [0.05, 0.1) is 0 Å². The molecule has 7 nitrogen and oxygen atoms in total. The first-order chi connectivity index (χ1) is 9.20. The number of amides is 1. The van der Waals surface area contributed by atoms with Gasteiger partial charge in [-0.2, -0.15) is 8.42 Å². The maximum atomic E-state index is 13.8. The highest BCUT2D eigenvalue weighted by molar-refractivity contribution is 7.85. The topological polar surface area (TPSA) is 121 Å². The Bertz CT molecular complexity index is 588. The van der Waals surface area contributed by atoms with Crippen molar-refractivity contribution in [3.63, 3.8) is 0 Å². The predicted octanol–water partition coefficient (Wildman–Crippen LogP) is 0.154. The van der Waals surface area contributed by atoms with Crippen molar-refractivity contribution in [3.05, 3.63) is 35.9 Å². The lowest BCUT2D eigenvalue weighted by Gasteiger charge is -2.15. The Balaban J connectivity index is 2.79. The average molecular weight is 305 g/mol. The van der Waals surface area contributed by atoms with Crippen LogP contribution in [-0.2, 0) is 19.7 Å². The summed E-state index contributed by atoms with van der Waals surface area (Å²) in [6, 6.07) is 5.29. The molecular formula is C11H12FNO6S. The highest BCUT2D eigenvalue weighted by Crippen LogP contribution is 2.17. The standard InChI is InChI=1S/C11H12FNO6S/c12-9(7-4-2-1-3-5-7)10(14)13-8(11(15)16)6-20(17,18)19/h1-5,8-9H,6H2,(H,13,14)(H,15,16)(H,17,18,19)/t8-,9?/m0/s1. The van der Waals surface area contributed by atoms with Crippen LogP contribution in [0.1, 0.15) is 11.7 Å². The number of benzene rings is 1. The second kappa shape index (κ2) is 6.44. The Labute approximate surface area is 114 Å². The summed E-state index contributed by atoms with van der Waals surface area (Å²) in [6.07, 6.45) is -2.14. The van der Waals surface area contributed by atoms with Gasteiger partial charge in [-0.1, -0.05) is 30.3 Å². The summed E-state index contributed by atoms with van der Waals surface area (Å²) in [5.41, 5.74) is 0.000921. The first kappa shape index (κ1) is 16.1. The van der Waals surface area contributed by atoms with E-state index in [4.69, 9.17) is 9.66 Å². The normalized spacial score (nSPS) is 14.3. The number of hydrogen-bond acceptors (Lipinski definition) is 4. The lowest BCUT2D eigenvalue weighted by Crippen LogP contribution is -2.46. The molecule has 9 heteroatoms. The van der Waals surface area contributed by atoms with E-state index in [9.17, 15) is 22.4 Å². The highest BCUT2D eigenvalue weighted by Gasteiger charge is 2.29. The smallest absolute Gasteiger partial charge is 0.327 e. The van der Waals surface area contributed by atoms with E-state index in [1.165, 1.54) is 24.3 Å². The zero-order chi connectivity index (χ0) is 15.3. The summed E-state index contributed by atoms with van der Waals surface area (Å²) in [4.78, 5) is 22.3. The van der Waals surface area contributed by atoms with E-state index in [-0.39, 0.29) is 5.56 Å². The quantitative estimate of drug-likeness (QED) is 0.644. The summed E-state index contributed by atoms with van der Waals surface area (Å²) in [5, 5.41) is 10.4. The molecule has 0 radical (unpaired) electrons. The summed E-state index contributed by atoms with van der Waals surface area (Å²) in [5.74, 6) is -4.24. The largest absolute Gasteiger partial charge is 0.480 e. The number of rotatable bonds is 6. The van der Waals surface area contributed by atoms with Crippen molar-refractivity contribution in [3.8, 4) is 0 Å². The van der Waals surface area contributed by atoms with E-state index in [1.54, 1.807) is 11.4 Å². The second-order valence-electron chi connectivity index (χ2n) is 3.92. The van der Waals surface area contributed by atoms with Crippen LogP contribution in [0.5, 0.6) is 0 Å². The summed E-state index contributed by atoms with van der Waals surface area (Å²) in [6.45, 7) is 0. The van der Waals surface area contributed by atoms with Gasteiger partial charge in [0.15, 0.2) is 0 Å². The van der Waals surface area contributed by atoms with E-state index in [0.29, 0.717) is 0 Å². The van der Waals surface area contributed by atoms with E-state index in [0.717, 1.165) is 0 Å². The van der Waals surface area contributed by atoms with Gasteiger partial charge < -0.3 is 10.4 Å². The van der Waals surface area contributed by atoms with Crippen molar-refractivity contribution in [2.24, 2.45) is 0 Å². The van der Waals surface area contributed by atoms with Crippen molar-refractivity contribution < 1.29 is 32.1 Å². The molecule has 0 spiro atoms. The van der Waals surface area contributed by atoms with Crippen molar-refractivity contribution in [2.75, 3.05) is 5.75 Å². The monoisotopic (exact) mass is 305 g/mol. The van der Waals surface area contributed by atoms with E-state index in [1.807, 2.05) is 0 Å². The minimum Gasteiger partial charge on any atom is -0.480 e. The Morgan fingerprint density at radius 3 is 2.25 bits per heavy atom. The molecule has 0 saturated heterocycles. The summed E-state index contributed by atoms with van der Waals surface area (Å²) in [7, 11) is -4.62. The van der Waals surface area contributed by atoms with Gasteiger partial charge in [0.1, 0.15) is 11.8 Å². The average Bonchev–Trinajstić information content (AvgIpc) is 2.36. The number of carbonyl (C=O) groups excluding carboxylic acids is 1. The van der Waals surface area contributed by atoms with Crippen LogP contribution in [-0.4, -0.2) is 41.7 Å². The number of carboxylic acid groups (broad SMARTS) is 1. The molecule has 0 saturated carbocycles. The Morgan fingerprint density at radius 1 is 1.25 bits per heavy atom. The zero-order valence-corrected chi connectivity index (χ0v) is 10.9. The fourth-order valence-corrected chi connectivity index (χ4v) is 2.05. The van der Waals surface area contributed by atoms with E-state index in [2.05, 4.69) is 0 Å². The number of carboxylic acids is 1. The Morgan fingerprint density at radius 2 is 1.80 bits per heavy atom. The van der Waals surface area contributed by atoms with Crippen LogP contribution in [0.4, 0.5) is 4.39 Å². The van der Waals surface area contributed by atoms with Crippen molar-refractivity contribution >= 4 is 22.0 Å². The number of aliphatic carboxylic acids is 1. The van der Waals surface area contributed by atoms with Crippen LogP contribution >= 0.6 is 0 Å². The van der Waals surface area contributed by atoms with Crippen LogP contribution in [0.2, 0.25) is 0 Å². The number of carbonyl (C=O) groups is 2. The van der Waals surface area contributed by atoms with E-state index >= 15 is 0 Å². The third-order valence-corrected chi connectivity index (χ3v) is 3.07. The predicted molar refractivity (Wildman–Crippen MR) is 66.3 cm³/mol. The highest BCUT2D eigenvalue weighted by atomic mass is 32.2. The molecule has 1 amide bonds. The lowest BCUT2D eigenvalue weighted by molar-refractivity contribution is -0.142. The molecular weight excluding hydrogens is 293 g/mol. The van der Waals surface area contributed by atoms with E-state index < -0.39 is 40.0 Å². The molecule has 0 fully saturated rings. The molecule has 2 atom stereocenters. The fraction of sp³-hybridized carbons (Fsp3) is 0.273.